The summed E-state index contributed by atoms with van der Waals surface area (Å²) in [4.78, 5) is 0. The van der Waals surface area contributed by atoms with E-state index in [-0.39, 0.29) is 6.29 Å². The normalized spacial score (nSPS) is 42.8. The van der Waals surface area contributed by atoms with Crippen molar-refractivity contribution in [3.05, 3.63) is 0 Å². The molecule has 0 aromatic heterocycles. The Morgan fingerprint density at radius 3 is 2.20 bits per heavy atom. The van der Waals surface area contributed by atoms with Gasteiger partial charge in [-0.3, -0.25) is 0 Å². The molecule has 0 aromatic carbocycles. The van der Waals surface area contributed by atoms with Crippen LogP contribution >= 0.6 is 0 Å². The average Bonchev–Trinajstić information content (AvgIpc) is 2.30. The molecule has 88 valence electrons. The number of hydrogen-bond acceptors (Lipinski definition) is 2. The van der Waals surface area contributed by atoms with E-state index >= 15 is 0 Å². The van der Waals surface area contributed by atoms with Crippen LogP contribution in [0.15, 0.2) is 0 Å². The van der Waals surface area contributed by atoms with Gasteiger partial charge in [-0.1, -0.05) is 6.92 Å². The maximum atomic E-state index is 13.0. The Morgan fingerprint density at radius 2 is 1.67 bits per heavy atom. The van der Waals surface area contributed by atoms with Crippen LogP contribution < -0.4 is 0 Å². The molecule has 2 aliphatic rings. The zero-order chi connectivity index (χ0) is 10.7. The minimum absolute atomic E-state index is 0.0553. The van der Waals surface area contributed by atoms with E-state index in [1.54, 1.807) is 0 Å². The van der Waals surface area contributed by atoms with Crippen molar-refractivity contribution in [2.75, 3.05) is 13.2 Å². The van der Waals surface area contributed by atoms with Crippen molar-refractivity contribution in [1.82, 2.24) is 0 Å². The lowest BCUT2D eigenvalue weighted by atomic mass is 9.87. The van der Waals surface area contributed by atoms with Crippen molar-refractivity contribution in [2.45, 2.75) is 51.5 Å². The van der Waals surface area contributed by atoms with Crippen molar-refractivity contribution in [3.63, 3.8) is 0 Å². The molecule has 1 aliphatic heterocycles. The molecule has 0 aromatic rings. The van der Waals surface area contributed by atoms with E-state index in [2.05, 4.69) is 6.92 Å². The Balaban J connectivity index is 1.75. The summed E-state index contributed by atoms with van der Waals surface area (Å²) in [6.07, 6.45) is 3.68. The van der Waals surface area contributed by atoms with Gasteiger partial charge in [0.25, 0.3) is 0 Å². The van der Waals surface area contributed by atoms with Crippen LogP contribution in [0.3, 0.4) is 0 Å². The Bertz CT molecular complexity index is 182. The van der Waals surface area contributed by atoms with Gasteiger partial charge in [-0.2, -0.15) is 0 Å². The average molecular weight is 216 g/mol. The number of ether oxygens (including phenoxy) is 2. The fourth-order valence-electron chi connectivity index (χ4n) is 2.42. The summed E-state index contributed by atoms with van der Waals surface area (Å²) in [5.41, 5.74) is 0. The van der Waals surface area contributed by atoms with E-state index in [0.29, 0.717) is 24.7 Å². The van der Waals surface area contributed by atoms with Crippen molar-refractivity contribution in [2.24, 2.45) is 11.8 Å². The molecular weight excluding hydrogens is 195 g/mol. The van der Waals surface area contributed by atoms with Gasteiger partial charge in [0.1, 0.15) is 6.17 Å². The highest BCUT2D eigenvalue weighted by molar-refractivity contribution is 4.76. The highest BCUT2D eigenvalue weighted by Crippen LogP contribution is 2.32. The predicted molar refractivity (Wildman–Crippen MR) is 56.3 cm³/mol. The van der Waals surface area contributed by atoms with E-state index < -0.39 is 6.17 Å². The van der Waals surface area contributed by atoms with Gasteiger partial charge in [0.2, 0.25) is 0 Å². The van der Waals surface area contributed by atoms with Gasteiger partial charge in [-0.05, 0) is 32.1 Å². The van der Waals surface area contributed by atoms with Crippen molar-refractivity contribution < 1.29 is 13.9 Å². The summed E-state index contributed by atoms with van der Waals surface area (Å²) in [5.74, 6) is 0.980. The first kappa shape index (κ1) is 11.3. The van der Waals surface area contributed by atoms with Crippen molar-refractivity contribution >= 4 is 0 Å². The van der Waals surface area contributed by atoms with Crippen LogP contribution in [0.1, 0.15) is 39.0 Å². The lowest BCUT2D eigenvalue weighted by Gasteiger charge is -2.36. The zero-order valence-electron chi connectivity index (χ0n) is 9.45. The molecule has 1 saturated heterocycles. The van der Waals surface area contributed by atoms with Crippen LogP contribution in [0.2, 0.25) is 0 Å². The molecule has 0 N–H and O–H groups in total. The third-order valence-corrected chi connectivity index (χ3v) is 3.66. The van der Waals surface area contributed by atoms with E-state index in [1.807, 2.05) is 0 Å². The van der Waals surface area contributed by atoms with Crippen LogP contribution in [0.4, 0.5) is 4.39 Å². The maximum absolute atomic E-state index is 13.0. The van der Waals surface area contributed by atoms with Gasteiger partial charge >= 0.3 is 0 Å². The van der Waals surface area contributed by atoms with Crippen LogP contribution in [0.5, 0.6) is 0 Å². The number of hydrogen-bond donors (Lipinski definition) is 0. The Labute approximate surface area is 91.1 Å². The highest BCUT2D eigenvalue weighted by Gasteiger charge is 2.31. The van der Waals surface area contributed by atoms with E-state index in [0.717, 1.165) is 32.5 Å². The third-order valence-electron chi connectivity index (χ3n) is 3.66. The van der Waals surface area contributed by atoms with E-state index in [1.165, 1.54) is 0 Å². The maximum Gasteiger partial charge on any atom is 0.160 e. The number of rotatable bonds is 2. The molecule has 3 heteroatoms. The van der Waals surface area contributed by atoms with Crippen molar-refractivity contribution in [1.29, 1.82) is 0 Å². The third kappa shape index (κ3) is 2.91. The summed E-state index contributed by atoms with van der Waals surface area (Å²) in [5, 5.41) is 0. The molecule has 2 nitrogen and oxygen atoms in total. The highest BCUT2D eigenvalue weighted by atomic mass is 19.1. The smallest absolute Gasteiger partial charge is 0.160 e. The second-order valence-corrected chi connectivity index (χ2v) is 4.82. The molecule has 2 fully saturated rings. The predicted octanol–water partition coefficient (Wildman–Crippen LogP) is 2.91. The SMILES string of the molecule is CC[C@H]1CO[C@H](C2CCC(F)CC2)OC1. The number of alkyl halides is 1. The Hall–Kier alpha value is -0.150. The second kappa shape index (κ2) is 5.26. The van der Waals surface area contributed by atoms with Crippen LogP contribution in [0.25, 0.3) is 0 Å². The number of halogens is 1. The summed E-state index contributed by atoms with van der Waals surface area (Å²) in [7, 11) is 0. The molecule has 2 rings (SSSR count). The fourth-order valence-corrected chi connectivity index (χ4v) is 2.42. The Kier molecular flexibility index (Phi) is 3.98. The monoisotopic (exact) mass is 216 g/mol. The zero-order valence-corrected chi connectivity index (χ0v) is 9.45. The first-order valence-corrected chi connectivity index (χ1v) is 6.17. The second-order valence-electron chi connectivity index (χ2n) is 4.82. The van der Waals surface area contributed by atoms with Gasteiger partial charge in [0.15, 0.2) is 6.29 Å². The topological polar surface area (TPSA) is 18.5 Å². The molecular formula is C12H21FO2. The van der Waals surface area contributed by atoms with Crippen LogP contribution in [-0.4, -0.2) is 25.7 Å². The van der Waals surface area contributed by atoms with Gasteiger partial charge in [-0.25, -0.2) is 4.39 Å². The Morgan fingerprint density at radius 1 is 1.07 bits per heavy atom. The lowest BCUT2D eigenvalue weighted by Crippen LogP contribution is -2.38. The summed E-state index contributed by atoms with van der Waals surface area (Å²) < 4.78 is 24.4. The summed E-state index contributed by atoms with van der Waals surface area (Å²) in [6, 6.07) is 0. The van der Waals surface area contributed by atoms with Crippen LogP contribution in [0, 0.1) is 11.8 Å². The summed E-state index contributed by atoms with van der Waals surface area (Å²) >= 11 is 0. The molecule has 0 amide bonds. The quantitative estimate of drug-likeness (QED) is 0.706. The molecule has 0 radical (unpaired) electrons. The molecule has 0 bridgehead atoms. The standard InChI is InChI=1S/C12H21FO2/c1-2-9-7-14-12(15-8-9)10-3-5-11(13)6-4-10/h9-12H,2-8H2,1H3/t9-,10?,11?,12-. The first-order chi connectivity index (χ1) is 7.29. The molecule has 1 heterocycles. The largest absolute Gasteiger partial charge is 0.352 e. The lowest BCUT2D eigenvalue weighted by molar-refractivity contribution is -0.229. The molecule has 1 aliphatic carbocycles. The summed E-state index contributed by atoms with van der Waals surface area (Å²) in [6.45, 7) is 3.79. The first-order valence-electron chi connectivity index (χ1n) is 6.17. The molecule has 0 unspecified atom stereocenters. The molecule has 0 spiro atoms. The van der Waals surface area contributed by atoms with Gasteiger partial charge in [-0.15, -0.1) is 0 Å². The minimum Gasteiger partial charge on any atom is -0.352 e. The van der Waals surface area contributed by atoms with Crippen LogP contribution in [-0.2, 0) is 9.47 Å². The molecule has 1 saturated carbocycles. The van der Waals surface area contributed by atoms with E-state index in [9.17, 15) is 4.39 Å². The fraction of sp³-hybridized carbons (Fsp3) is 1.00. The van der Waals surface area contributed by atoms with Gasteiger partial charge in [0.05, 0.1) is 13.2 Å². The van der Waals surface area contributed by atoms with Gasteiger partial charge in [0, 0.05) is 11.8 Å². The van der Waals surface area contributed by atoms with Crippen molar-refractivity contribution in [3.8, 4) is 0 Å². The molecule has 0 atom stereocenters. The van der Waals surface area contributed by atoms with E-state index in [4.69, 9.17) is 9.47 Å². The molecule has 15 heavy (non-hydrogen) atoms. The minimum atomic E-state index is -0.590. The van der Waals surface area contributed by atoms with Gasteiger partial charge < -0.3 is 9.47 Å².